The molecule has 0 saturated carbocycles. The standard InChI is InChI=1S/C5H9ClN4OS.ClH/c6-1-5(11)2-12-4(10-5)9-3(7)8;/h11H,1-2H2,(H4,7,8,9,10);1H. The van der Waals surface area contributed by atoms with Crippen LogP contribution in [0.3, 0.4) is 0 Å². The molecule has 1 aliphatic heterocycles. The van der Waals surface area contributed by atoms with Crippen LogP contribution in [0.2, 0.25) is 0 Å². The predicted octanol–water partition coefficient (Wildman–Crippen LogP) is -0.288. The highest BCUT2D eigenvalue weighted by Gasteiger charge is 2.32. The summed E-state index contributed by atoms with van der Waals surface area (Å²) >= 11 is 6.74. The molecule has 0 spiro atoms. The number of halogens is 2. The Hall–Kier alpha value is -0.170. The van der Waals surface area contributed by atoms with Crippen LogP contribution < -0.4 is 11.5 Å². The first-order chi connectivity index (χ1) is 5.56. The zero-order valence-corrected chi connectivity index (χ0v) is 8.99. The summed E-state index contributed by atoms with van der Waals surface area (Å²) in [6.45, 7) is 0. The highest BCUT2D eigenvalue weighted by Crippen LogP contribution is 2.26. The number of nitrogens with two attached hydrogens (primary N) is 2. The molecule has 0 bridgehead atoms. The fourth-order valence-corrected chi connectivity index (χ4v) is 1.86. The lowest BCUT2D eigenvalue weighted by molar-refractivity contribution is 0.102. The van der Waals surface area contributed by atoms with Crippen molar-refractivity contribution in [1.82, 2.24) is 0 Å². The maximum atomic E-state index is 9.49. The zero-order valence-electron chi connectivity index (χ0n) is 6.61. The number of amidine groups is 1. The van der Waals surface area contributed by atoms with Crippen molar-refractivity contribution in [1.29, 1.82) is 0 Å². The van der Waals surface area contributed by atoms with E-state index in [1.807, 2.05) is 0 Å². The van der Waals surface area contributed by atoms with Crippen LogP contribution in [-0.2, 0) is 0 Å². The number of guanidine groups is 1. The van der Waals surface area contributed by atoms with E-state index >= 15 is 0 Å². The molecule has 8 heteroatoms. The highest BCUT2D eigenvalue weighted by atomic mass is 35.5. The summed E-state index contributed by atoms with van der Waals surface area (Å²) in [4.78, 5) is 7.52. The number of hydrogen-bond donors (Lipinski definition) is 3. The minimum absolute atomic E-state index is 0. The van der Waals surface area contributed by atoms with Gasteiger partial charge < -0.3 is 16.6 Å². The predicted molar refractivity (Wildman–Crippen MR) is 58.6 cm³/mol. The summed E-state index contributed by atoms with van der Waals surface area (Å²) in [6.07, 6.45) is 0. The van der Waals surface area contributed by atoms with Crippen molar-refractivity contribution in [2.45, 2.75) is 5.72 Å². The number of aliphatic hydroxyl groups is 1. The smallest absolute Gasteiger partial charge is 0.193 e. The Morgan fingerprint density at radius 3 is 2.77 bits per heavy atom. The maximum Gasteiger partial charge on any atom is 0.193 e. The topological polar surface area (TPSA) is 97.0 Å². The summed E-state index contributed by atoms with van der Waals surface area (Å²) in [7, 11) is 0. The fraction of sp³-hybridized carbons (Fsp3) is 0.600. The quantitative estimate of drug-likeness (QED) is 0.336. The first-order valence-electron chi connectivity index (χ1n) is 3.16. The first-order valence-corrected chi connectivity index (χ1v) is 4.68. The molecule has 13 heavy (non-hydrogen) atoms. The molecule has 0 aliphatic carbocycles. The molecule has 1 heterocycles. The molecule has 0 amide bonds. The SMILES string of the molecule is Cl.NC(N)=NC1=NC(O)(CCl)CS1. The fourth-order valence-electron chi connectivity index (χ4n) is 0.659. The van der Waals surface area contributed by atoms with Crippen LogP contribution in [-0.4, -0.2) is 33.6 Å². The van der Waals surface area contributed by atoms with Gasteiger partial charge in [0, 0.05) is 0 Å². The molecule has 0 aromatic carbocycles. The molecule has 1 atom stereocenters. The van der Waals surface area contributed by atoms with Gasteiger partial charge in [0.05, 0.1) is 11.6 Å². The van der Waals surface area contributed by atoms with Gasteiger partial charge in [-0.1, -0.05) is 11.8 Å². The number of rotatable bonds is 1. The van der Waals surface area contributed by atoms with E-state index in [4.69, 9.17) is 23.1 Å². The zero-order chi connectivity index (χ0) is 9.19. The third kappa shape index (κ3) is 3.60. The largest absolute Gasteiger partial charge is 0.370 e. The van der Waals surface area contributed by atoms with E-state index in [9.17, 15) is 5.11 Å². The highest BCUT2D eigenvalue weighted by molar-refractivity contribution is 8.14. The van der Waals surface area contributed by atoms with Crippen molar-refractivity contribution in [2.24, 2.45) is 21.5 Å². The van der Waals surface area contributed by atoms with Crippen LogP contribution in [0.25, 0.3) is 0 Å². The third-order valence-electron chi connectivity index (χ3n) is 1.17. The third-order valence-corrected chi connectivity index (χ3v) is 2.65. The Labute approximate surface area is 91.0 Å². The molecule has 1 unspecified atom stereocenters. The Morgan fingerprint density at radius 2 is 2.38 bits per heavy atom. The van der Waals surface area contributed by atoms with Gasteiger partial charge in [0.15, 0.2) is 16.9 Å². The molecule has 5 nitrogen and oxygen atoms in total. The Kier molecular flexibility index (Phi) is 4.83. The molecule has 0 saturated heterocycles. The lowest BCUT2D eigenvalue weighted by Crippen LogP contribution is -2.28. The Morgan fingerprint density at radius 1 is 1.77 bits per heavy atom. The van der Waals surface area contributed by atoms with Gasteiger partial charge in [-0.05, 0) is 0 Å². The Balaban J connectivity index is 0.00000144. The van der Waals surface area contributed by atoms with Crippen LogP contribution in [0, 0.1) is 0 Å². The van der Waals surface area contributed by atoms with Crippen LogP contribution in [0.4, 0.5) is 0 Å². The molecular weight excluding hydrogens is 235 g/mol. The van der Waals surface area contributed by atoms with Crippen molar-refractivity contribution < 1.29 is 5.11 Å². The van der Waals surface area contributed by atoms with Crippen LogP contribution >= 0.6 is 35.8 Å². The molecule has 0 fully saturated rings. The van der Waals surface area contributed by atoms with E-state index in [-0.39, 0.29) is 24.2 Å². The lowest BCUT2D eigenvalue weighted by Gasteiger charge is -2.11. The molecular formula is C5H10Cl2N4OS. The number of aliphatic imine (C=N–C) groups is 2. The summed E-state index contributed by atoms with van der Waals surface area (Å²) in [5.41, 5.74) is 9.03. The lowest BCUT2D eigenvalue weighted by atomic mass is 10.3. The second-order valence-electron chi connectivity index (χ2n) is 2.34. The van der Waals surface area contributed by atoms with E-state index in [1.54, 1.807) is 0 Å². The van der Waals surface area contributed by atoms with Gasteiger partial charge in [-0.3, -0.25) is 0 Å². The summed E-state index contributed by atoms with van der Waals surface area (Å²) < 4.78 is 0. The summed E-state index contributed by atoms with van der Waals surface area (Å²) in [5.74, 6) is 0.367. The van der Waals surface area contributed by atoms with E-state index < -0.39 is 5.72 Å². The summed E-state index contributed by atoms with van der Waals surface area (Å²) in [6, 6.07) is 0. The minimum Gasteiger partial charge on any atom is -0.370 e. The van der Waals surface area contributed by atoms with Gasteiger partial charge in [-0.15, -0.1) is 24.0 Å². The molecule has 0 aromatic heterocycles. The van der Waals surface area contributed by atoms with Gasteiger partial charge >= 0.3 is 0 Å². The molecule has 0 aromatic rings. The van der Waals surface area contributed by atoms with Gasteiger partial charge in [0.2, 0.25) is 0 Å². The number of nitrogens with zero attached hydrogens (tertiary/aromatic N) is 2. The first kappa shape index (κ1) is 12.8. The van der Waals surface area contributed by atoms with E-state index in [1.165, 1.54) is 11.8 Å². The van der Waals surface area contributed by atoms with Crippen LogP contribution in [0.1, 0.15) is 0 Å². The average Bonchev–Trinajstić information content (AvgIpc) is 2.32. The van der Waals surface area contributed by atoms with Crippen molar-refractivity contribution in [3.05, 3.63) is 0 Å². The van der Waals surface area contributed by atoms with Gasteiger partial charge in [-0.25, -0.2) is 4.99 Å². The average molecular weight is 245 g/mol. The number of alkyl halides is 1. The summed E-state index contributed by atoms with van der Waals surface area (Å²) in [5, 5.41) is 9.87. The number of thioether (sulfide) groups is 1. The van der Waals surface area contributed by atoms with E-state index in [2.05, 4.69) is 9.98 Å². The number of hydrogen-bond acceptors (Lipinski definition) is 4. The minimum atomic E-state index is -1.21. The van der Waals surface area contributed by atoms with E-state index in [0.29, 0.717) is 10.9 Å². The second kappa shape index (κ2) is 4.90. The van der Waals surface area contributed by atoms with Crippen molar-refractivity contribution >= 4 is 46.9 Å². The molecule has 0 radical (unpaired) electrons. The normalized spacial score (nSPS) is 26.2. The molecule has 5 N–H and O–H groups in total. The maximum absolute atomic E-state index is 9.49. The van der Waals surface area contributed by atoms with Gasteiger partial charge in [-0.2, -0.15) is 4.99 Å². The van der Waals surface area contributed by atoms with Crippen LogP contribution in [0.15, 0.2) is 9.98 Å². The van der Waals surface area contributed by atoms with Crippen molar-refractivity contribution in [2.75, 3.05) is 11.6 Å². The van der Waals surface area contributed by atoms with Gasteiger partial charge in [0.25, 0.3) is 0 Å². The van der Waals surface area contributed by atoms with Crippen molar-refractivity contribution in [3.63, 3.8) is 0 Å². The molecule has 1 aliphatic rings. The second-order valence-corrected chi connectivity index (χ2v) is 3.55. The van der Waals surface area contributed by atoms with Crippen molar-refractivity contribution in [3.8, 4) is 0 Å². The molecule has 76 valence electrons. The monoisotopic (exact) mass is 244 g/mol. The Bertz CT molecular complexity index is 243. The molecule has 1 rings (SSSR count). The van der Waals surface area contributed by atoms with Gasteiger partial charge in [0.1, 0.15) is 0 Å². The van der Waals surface area contributed by atoms with E-state index in [0.717, 1.165) is 0 Å². The van der Waals surface area contributed by atoms with Crippen LogP contribution in [0.5, 0.6) is 0 Å².